The van der Waals surface area contributed by atoms with Crippen LogP contribution in [0.1, 0.15) is 48.0 Å². The molecule has 0 aliphatic heterocycles. The number of allylic oxidation sites excluding steroid dienone is 4. The zero-order chi connectivity index (χ0) is 24.6. The van der Waals surface area contributed by atoms with Gasteiger partial charge in [-0.1, -0.05) is 143 Å². The summed E-state index contributed by atoms with van der Waals surface area (Å²) in [6.07, 6.45) is 4.33. The van der Waals surface area contributed by atoms with Gasteiger partial charge in [0.25, 0.3) is 0 Å². The molecule has 0 saturated carbocycles. The van der Waals surface area contributed by atoms with Gasteiger partial charge in [-0.3, -0.25) is 6.08 Å². The van der Waals surface area contributed by atoms with Crippen molar-refractivity contribution in [1.29, 1.82) is 0 Å². The first-order valence-corrected chi connectivity index (χ1v) is 12.4. The van der Waals surface area contributed by atoms with Crippen LogP contribution in [0.4, 0.5) is 0 Å². The molecule has 1 nitrogen and oxygen atoms in total. The van der Waals surface area contributed by atoms with Gasteiger partial charge in [0.05, 0.1) is 0 Å². The second-order valence-electron chi connectivity index (χ2n) is 8.33. The van der Waals surface area contributed by atoms with Gasteiger partial charge in [-0.15, -0.1) is 13.0 Å². The molecule has 4 rings (SSSR count). The summed E-state index contributed by atoms with van der Waals surface area (Å²) in [5.41, 5.74) is 13.6. The van der Waals surface area contributed by atoms with Gasteiger partial charge in [0, 0.05) is 10.2 Å². The third-order valence-corrected chi connectivity index (χ3v) is 6.04. The fraction of sp³-hybridized carbons (Fsp3) is 0.281. The standard InChI is InChI=1S/C12H10.C9H13.C6H7Si.C4H10N.CH3.Ti/c1-3-7-11(8-4-1)12-9-5-2-6-10-12;1-6-5-7(2)9(4)8(6)3;7-6-4-2-1-3-5-6;1-3-4(2)5;;/h1-10H;6H,1-4H3;1-5H,7H2;4-5H,3H2,1-2H3;1H3;/q;-1;;2*-1;+3. The number of hydrogen-bond acceptors (Lipinski definition) is 0. The molecule has 3 aromatic rings. The Hall–Kier alpha value is -1.97. The first kappa shape index (κ1) is 35.2. The Kier molecular flexibility index (Phi) is 20.4. The molecular weight excluding hydrogens is 474 g/mol. The molecule has 0 fully saturated rings. The smallest absolute Gasteiger partial charge is 0.675 e. The zero-order valence-electron chi connectivity index (χ0n) is 22.7. The number of nitrogens with one attached hydrogen (secondary N) is 1. The Morgan fingerprint density at radius 3 is 1.31 bits per heavy atom. The summed E-state index contributed by atoms with van der Waals surface area (Å²) in [5, 5.41) is 1.35. The second-order valence-corrected chi connectivity index (χ2v) is 9.14. The zero-order valence-corrected chi connectivity index (χ0v) is 25.7. The van der Waals surface area contributed by atoms with Gasteiger partial charge in [0.15, 0.2) is 0 Å². The molecule has 0 aromatic heterocycles. The van der Waals surface area contributed by atoms with E-state index in [4.69, 9.17) is 5.73 Å². The molecule has 3 heteroatoms. The third-order valence-electron chi connectivity index (χ3n) is 5.57. The summed E-state index contributed by atoms with van der Waals surface area (Å²) in [4.78, 5) is 0. The van der Waals surface area contributed by atoms with Crippen molar-refractivity contribution >= 4 is 15.4 Å². The van der Waals surface area contributed by atoms with Crippen LogP contribution >= 0.6 is 0 Å². The van der Waals surface area contributed by atoms with Crippen LogP contribution in [0.25, 0.3) is 16.9 Å². The predicted octanol–water partition coefficient (Wildman–Crippen LogP) is 8.31. The molecule has 2 radical (unpaired) electrons. The molecule has 1 N–H and O–H groups in total. The summed E-state index contributed by atoms with van der Waals surface area (Å²) in [6, 6.07) is 31.2. The molecule has 3 aromatic carbocycles. The molecule has 2 atom stereocenters. The van der Waals surface area contributed by atoms with E-state index >= 15 is 0 Å². The van der Waals surface area contributed by atoms with E-state index < -0.39 is 0 Å². The van der Waals surface area contributed by atoms with Crippen molar-refractivity contribution in [3.05, 3.63) is 127 Å². The van der Waals surface area contributed by atoms with E-state index in [1.807, 2.05) is 54.4 Å². The van der Waals surface area contributed by atoms with Crippen LogP contribution in [0.15, 0.2) is 108 Å². The van der Waals surface area contributed by atoms with Crippen molar-refractivity contribution in [2.45, 2.75) is 54.0 Å². The fourth-order valence-electron chi connectivity index (χ4n) is 2.90. The monoisotopic (exact) mass is 517 g/mol. The van der Waals surface area contributed by atoms with Crippen LogP contribution in [0.3, 0.4) is 0 Å². The van der Waals surface area contributed by atoms with Crippen molar-refractivity contribution in [3.63, 3.8) is 0 Å². The first-order valence-electron chi connectivity index (χ1n) is 11.7. The van der Waals surface area contributed by atoms with Crippen LogP contribution < -0.4 is 5.19 Å². The summed E-state index contributed by atoms with van der Waals surface area (Å²) in [5.74, 6) is 0.560. The third kappa shape index (κ3) is 14.9. The van der Waals surface area contributed by atoms with E-state index in [0.717, 1.165) is 6.42 Å². The molecule has 0 saturated heterocycles. The average Bonchev–Trinajstić information content (AvgIpc) is 3.07. The van der Waals surface area contributed by atoms with Crippen molar-refractivity contribution in [2.24, 2.45) is 5.92 Å². The molecule has 1 aliphatic rings. The van der Waals surface area contributed by atoms with Crippen LogP contribution in [0.5, 0.6) is 0 Å². The van der Waals surface area contributed by atoms with Crippen molar-refractivity contribution < 1.29 is 21.7 Å². The molecular formula is C32H43NSiTi. The van der Waals surface area contributed by atoms with E-state index in [2.05, 4.69) is 94.4 Å². The summed E-state index contributed by atoms with van der Waals surface area (Å²) < 4.78 is 0. The van der Waals surface area contributed by atoms with Crippen LogP contribution in [0.2, 0.25) is 0 Å². The van der Waals surface area contributed by atoms with E-state index in [1.54, 1.807) is 0 Å². The quantitative estimate of drug-likeness (QED) is 0.241. The largest absolute Gasteiger partial charge is 3.00 e. The molecule has 0 heterocycles. The number of benzene rings is 3. The summed E-state index contributed by atoms with van der Waals surface area (Å²) >= 11 is 0. The molecule has 0 amide bonds. The Balaban J connectivity index is 0. The number of hydrogen-bond donors (Lipinski definition) is 0. The Labute approximate surface area is 234 Å². The van der Waals surface area contributed by atoms with E-state index in [0.29, 0.717) is 5.92 Å². The minimum absolute atomic E-state index is 0. The second kappa shape index (κ2) is 20.2. The Morgan fingerprint density at radius 1 is 0.800 bits per heavy atom. The van der Waals surface area contributed by atoms with Gasteiger partial charge in [0.2, 0.25) is 0 Å². The van der Waals surface area contributed by atoms with Gasteiger partial charge < -0.3 is 13.2 Å². The topological polar surface area (TPSA) is 23.8 Å². The summed E-state index contributed by atoms with van der Waals surface area (Å²) in [7, 11) is 1.90. The van der Waals surface area contributed by atoms with Crippen molar-refractivity contribution in [2.75, 3.05) is 0 Å². The molecule has 184 valence electrons. The fourth-order valence-corrected chi connectivity index (χ4v) is 3.17. The summed E-state index contributed by atoms with van der Waals surface area (Å²) in [6.45, 7) is 12.6. The van der Waals surface area contributed by atoms with Crippen molar-refractivity contribution in [1.82, 2.24) is 0 Å². The normalized spacial score (nSPS) is 14.2. The maximum atomic E-state index is 6.83. The van der Waals surface area contributed by atoms with Crippen LogP contribution in [-0.4, -0.2) is 16.3 Å². The van der Waals surface area contributed by atoms with Gasteiger partial charge in [-0.25, -0.2) is 5.57 Å². The van der Waals surface area contributed by atoms with E-state index in [9.17, 15) is 0 Å². The van der Waals surface area contributed by atoms with E-state index in [1.165, 1.54) is 33.0 Å². The predicted molar refractivity (Wildman–Crippen MR) is 157 cm³/mol. The van der Waals surface area contributed by atoms with Crippen LogP contribution in [-0.2, 0) is 21.7 Å². The van der Waals surface area contributed by atoms with Crippen LogP contribution in [0, 0.1) is 19.4 Å². The molecule has 0 bridgehead atoms. The maximum Gasteiger partial charge on any atom is 3.00 e. The molecule has 35 heavy (non-hydrogen) atoms. The number of rotatable bonds is 2. The maximum absolute atomic E-state index is 6.83. The minimum Gasteiger partial charge on any atom is -0.675 e. The van der Waals surface area contributed by atoms with Gasteiger partial charge in [-0.05, 0) is 11.1 Å². The Morgan fingerprint density at radius 2 is 1.14 bits per heavy atom. The van der Waals surface area contributed by atoms with Gasteiger partial charge in [0.1, 0.15) is 0 Å². The average molecular weight is 518 g/mol. The minimum atomic E-state index is 0. The van der Waals surface area contributed by atoms with Gasteiger partial charge in [-0.2, -0.15) is 11.1 Å². The molecule has 0 spiro atoms. The first-order chi connectivity index (χ1) is 15.8. The molecule has 2 unspecified atom stereocenters. The molecule has 1 aliphatic carbocycles. The van der Waals surface area contributed by atoms with E-state index in [-0.39, 0.29) is 35.2 Å². The van der Waals surface area contributed by atoms with Gasteiger partial charge >= 0.3 is 21.7 Å². The Bertz CT molecular complexity index is 927. The SMILES string of the molecule is CC1=[C-]C(C)C(C)=C1C.CCC(C)[NH-].[CH3-].[SiH2]c1ccccc1.[Ti+3].c1ccc(-c2ccccc2)cc1. The van der Waals surface area contributed by atoms with Crippen molar-refractivity contribution in [3.8, 4) is 11.1 Å².